The topological polar surface area (TPSA) is 67.5 Å². The zero-order valence-corrected chi connectivity index (χ0v) is 17.5. The predicted molar refractivity (Wildman–Crippen MR) is 89.8 cm³/mol. The first-order chi connectivity index (χ1) is 10.5. The molecule has 23 heavy (non-hydrogen) atoms. The Kier molecular flexibility index (Phi) is 13.6. The van der Waals surface area contributed by atoms with Crippen LogP contribution in [0.3, 0.4) is 0 Å². The van der Waals surface area contributed by atoms with Crippen molar-refractivity contribution in [1.29, 1.82) is 0 Å². The van der Waals surface area contributed by atoms with E-state index in [1.54, 1.807) is 6.07 Å². The van der Waals surface area contributed by atoms with Crippen molar-refractivity contribution in [3.8, 4) is 0 Å². The predicted octanol–water partition coefficient (Wildman–Crippen LogP) is 2.50. The molecular formula is C17H31NaO4S. The molecule has 0 aliphatic heterocycles. The van der Waals surface area contributed by atoms with Crippen molar-refractivity contribution in [2.24, 2.45) is 0 Å². The molecule has 0 atom stereocenters. The second-order valence-corrected chi connectivity index (χ2v) is 7.33. The monoisotopic (exact) mass is 354 g/mol. The molecule has 1 aromatic heterocycles. The van der Waals surface area contributed by atoms with E-state index in [2.05, 4.69) is 6.92 Å². The maximum absolute atomic E-state index is 10.9. The molecule has 0 spiro atoms. The number of hydrogen-bond donors (Lipinski definition) is 1. The zero-order chi connectivity index (χ0) is 16.3. The van der Waals surface area contributed by atoms with Crippen LogP contribution in [0.15, 0.2) is 21.6 Å². The average molecular weight is 354 g/mol. The summed E-state index contributed by atoms with van der Waals surface area (Å²) >= 11 is 0. The summed E-state index contributed by atoms with van der Waals surface area (Å²) in [6, 6.07) is 2.93. The van der Waals surface area contributed by atoms with Gasteiger partial charge in [-0.05, 0) is 18.6 Å². The summed E-state index contributed by atoms with van der Waals surface area (Å²) in [5.41, 5.74) is 0. The Balaban J connectivity index is 0. The quantitative estimate of drug-likeness (QED) is 0.336. The third kappa shape index (κ3) is 11.4. The largest absolute Gasteiger partial charge is 1.00 e. The van der Waals surface area contributed by atoms with Gasteiger partial charge < -0.3 is 5.84 Å². The van der Waals surface area contributed by atoms with Crippen LogP contribution < -0.4 is 29.6 Å². The maximum atomic E-state index is 10.9. The molecule has 0 unspecified atom stereocenters. The van der Waals surface area contributed by atoms with Crippen molar-refractivity contribution in [1.82, 2.24) is 0 Å². The van der Waals surface area contributed by atoms with Crippen molar-refractivity contribution in [2.45, 2.75) is 89.1 Å². The fraction of sp³-hybridized carbons (Fsp3) is 0.765. The molecule has 130 valence electrons. The Morgan fingerprint density at radius 3 is 1.83 bits per heavy atom. The first-order valence-electron chi connectivity index (χ1n) is 8.60. The summed E-state index contributed by atoms with van der Waals surface area (Å²) in [6.07, 6.45) is 14.8. The summed E-state index contributed by atoms with van der Waals surface area (Å²) in [4.78, 5) is 0. The van der Waals surface area contributed by atoms with Crippen LogP contribution in [0, 0.1) is 0 Å². The van der Waals surface area contributed by atoms with E-state index in [9.17, 15) is 8.42 Å². The van der Waals surface area contributed by atoms with Gasteiger partial charge in [0.15, 0.2) is 0 Å². The molecule has 6 heteroatoms. The second-order valence-electron chi connectivity index (χ2n) is 5.98. The van der Waals surface area contributed by atoms with Crippen LogP contribution in [-0.4, -0.2) is 13.0 Å². The van der Waals surface area contributed by atoms with Crippen LogP contribution in [0.4, 0.5) is 0 Å². The van der Waals surface area contributed by atoms with E-state index in [1.807, 2.05) is 0 Å². The molecule has 0 aliphatic rings. The van der Waals surface area contributed by atoms with Crippen LogP contribution in [-0.2, 0) is 16.5 Å². The van der Waals surface area contributed by atoms with Gasteiger partial charge in [-0.15, -0.1) is 0 Å². The number of rotatable bonds is 13. The Labute approximate surface area is 164 Å². The van der Waals surface area contributed by atoms with Gasteiger partial charge in [0.2, 0.25) is 5.09 Å². The Bertz CT molecular complexity index is 502. The fourth-order valence-electron chi connectivity index (χ4n) is 2.59. The average Bonchev–Trinajstić information content (AvgIpc) is 2.94. The van der Waals surface area contributed by atoms with E-state index < -0.39 is 10.1 Å². The van der Waals surface area contributed by atoms with Crippen LogP contribution in [0.2, 0.25) is 0 Å². The molecule has 4 nitrogen and oxygen atoms in total. The summed E-state index contributed by atoms with van der Waals surface area (Å²) in [6.45, 7) is 2.24. The maximum Gasteiger partial charge on any atom is 1.00 e. The van der Waals surface area contributed by atoms with Gasteiger partial charge in [-0.25, -0.2) is 0 Å². The molecule has 1 N–H and O–H groups in total. The summed E-state index contributed by atoms with van der Waals surface area (Å²) in [7, 11) is -4.20. The van der Waals surface area contributed by atoms with Crippen LogP contribution in [0.1, 0.15) is 84.7 Å². The van der Waals surface area contributed by atoms with Gasteiger partial charge in [-0.2, -0.15) is 8.42 Å². The molecule has 1 rings (SSSR count). The van der Waals surface area contributed by atoms with Crippen molar-refractivity contribution in [2.75, 3.05) is 0 Å². The Morgan fingerprint density at radius 2 is 1.39 bits per heavy atom. The van der Waals surface area contributed by atoms with E-state index >= 15 is 0 Å². The molecule has 0 saturated heterocycles. The van der Waals surface area contributed by atoms with Crippen molar-refractivity contribution in [3.63, 3.8) is 0 Å². The molecule has 0 radical (unpaired) electrons. The van der Waals surface area contributed by atoms with Gasteiger partial charge in [0.05, 0.1) is 0 Å². The molecule has 1 aromatic rings. The van der Waals surface area contributed by atoms with Crippen molar-refractivity contribution < 1.29 is 48.4 Å². The van der Waals surface area contributed by atoms with Gasteiger partial charge in [0, 0.05) is 6.42 Å². The minimum Gasteiger partial charge on any atom is -1.00 e. The first-order valence-corrected chi connectivity index (χ1v) is 10.0. The second kappa shape index (κ2) is 13.5. The van der Waals surface area contributed by atoms with Gasteiger partial charge in [0.25, 0.3) is 0 Å². The molecule has 0 aromatic carbocycles. The third-order valence-electron chi connectivity index (χ3n) is 3.92. The van der Waals surface area contributed by atoms with E-state index in [4.69, 9.17) is 8.97 Å². The molecule has 0 amide bonds. The van der Waals surface area contributed by atoms with E-state index in [0.717, 1.165) is 19.3 Å². The SMILES string of the molecule is CCCCCCCCCCCCCc1ccc(S(=O)(=O)O)o1.[H-].[Na+]. The molecule has 0 aliphatic carbocycles. The standard InChI is InChI=1S/C17H30O4S.Na.H/c1-2-3-4-5-6-7-8-9-10-11-12-13-16-14-15-17(21-16)22(18,19)20;;/h14-15H,2-13H2,1H3,(H,18,19,20);;/q;+1;-1. The smallest absolute Gasteiger partial charge is 1.00 e. The number of aryl methyl sites for hydroxylation is 1. The van der Waals surface area contributed by atoms with Crippen LogP contribution >= 0.6 is 0 Å². The summed E-state index contributed by atoms with van der Waals surface area (Å²) < 4.78 is 35.7. The minimum absolute atomic E-state index is 0. The van der Waals surface area contributed by atoms with Crippen molar-refractivity contribution in [3.05, 3.63) is 17.9 Å². The normalized spacial score (nSPS) is 11.4. The van der Waals surface area contributed by atoms with Gasteiger partial charge in [-0.1, -0.05) is 71.1 Å². The molecule has 0 saturated carbocycles. The minimum atomic E-state index is -4.20. The van der Waals surface area contributed by atoms with Crippen LogP contribution in [0.5, 0.6) is 0 Å². The fourth-order valence-corrected chi connectivity index (χ4v) is 3.05. The molecule has 1 heterocycles. The van der Waals surface area contributed by atoms with E-state index in [1.165, 1.54) is 63.9 Å². The summed E-state index contributed by atoms with van der Waals surface area (Å²) in [5, 5.41) is -0.356. The molecule has 0 bridgehead atoms. The number of hydrogen-bond acceptors (Lipinski definition) is 3. The number of unbranched alkanes of at least 4 members (excludes halogenated alkanes) is 10. The van der Waals surface area contributed by atoms with Gasteiger partial charge >= 0.3 is 39.7 Å². The Morgan fingerprint density at radius 1 is 0.913 bits per heavy atom. The third-order valence-corrected chi connectivity index (χ3v) is 4.65. The number of furan rings is 1. The van der Waals surface area contributed by atoms with Gasteiger partial charge in [-0.3, -0.25) is 4.55 Å². The van der Waals surface area contributed by atoms with E-state index in [0.29, 0.717) is 5.76 Å². The molecule has 0 fully saturated rings. The summed E-state index contributed by atoms with van der Waals surface area (Å²) in [5.74, 6) is 0.628. The van der Waals surface area contributed by atoms with Crippen LogP contribution in [0.25, 0.3) is 0 Å². The van der Waals surface area contributed by atoms with E-state index in [-0.39, 0.29) is 36.1 Å². The zero-order valence-electron chi connectivity index (χ0n) is 15.7. The first kappa shape index (κ1) is 23.2. The molecular weight excluding hydrogens is 323 g/mol. The Hall–Kier alpha value is 0.190. The van der Waals surface area contributed by atoms with Crippen molar-refractivity contribution >= 4 is 10.1 Å². The van der Waals surface area contributed by atoms with Gasteiger partial charge in [0.1, 0.15) is 5.76 Å².